The Bertz CT molecular complexity index is 1000. The first-order chi connectivity index (χ1) is 11.3. The average molecular weight is 314 g/mol. The Balaban J connectivity index is 1.68. The summed E-state index contributed by atoms with van der Waals surface area (Å²) < 4.78 is 0. The average Bonchev–Trinajstić information content (AvgIpc) is 3.14. The highest BCUT2D eigenvalue weighted by molar-refractivity contribution is 8.04. The molecule has 0 radical (unpaired) electrons. The molecule has 2 heteroatoms. The number of rotatable bonds is 1. The van der Waals surface area contributed by atoms with Crippen LogP contribution in [0.4, 0.5) is 0 Å². The second-order valence-electron chi connectivity index (χ2n) is 6.09. The molecule has 0 amide bonds. The molecule has 0 aromatic heterocycles. The van der Waals surface area contributed by atoms with Crippen LogP contribution in [0, 0.1) is 0 Å². The minimum absolute atomic E-state index is 0.147. The Morgan fingerprint density at radius 3 is 2.57 bits per heavy atom. The molecule has 1 heterocycles. The highest BCUT2D eigenvalue weighted by Gasteiger charge is 2.25. The van der Waals surface area contributed by atoms with Crippen molar-refractivity contribution in [3.05, 3.63) is 81.8 Å². The monoisotopic (exact) mass is 314 g/mol. The third-order valence-electron chi connectivity index (χ3n) is 4.77. The van der Waals surface area contributed by atoms with Gasteiger partial charge in [0.25, 0.3) is 0 Å². The summed E-state index contributed by atoms with van der Waals surface area (Å²) in [4.78, 5) is 14.5. The highest BCUT2D eigenvalue weighted by Crippen LogP contribution is 2.42. The molecule has 0 saturated heterocycles. The van der Waals surface area contributed by atoms with Gasteiger partial charge in [0.05, 0.1) is 4.91 Å². The Morgan fingerprint density at radius 1 is 0.870 bits per heavy atom. The summed E-state index contributed by atoms with van der Waals surface area (Å²) >= 11 is 1.58. The molecule has 3 aromatic rings. The predicted octanol–water partition coefficient (Wildman–Crippen LogP) is 5.27. The SMILES string of the molecule is O=C1/C(=C\c2ccc3c4c(cccc24)CC3)Sc2ccccc21. The third kappa shape index (κ3) is 1.91. The zero-order chi connectivity index (χ0) is 15.4. The van der Waals surface area contributed by atoms with Gasteiger partial charge in [-0.1, -0.05) is 54.2 Å². The number of carbonyl (C=O) groups excluding carboxylic acids is 1. The van der Waals surface area contributed by atoms with Crippen LogP contribution in [-0.2, 0) is 12.8 Å². The van der Waals surface area contributed by atoms with E-state index >= 15 is 0 Å². The van der Waals surface area contributed by atoms with Gasteiger partial charge in [-0.3, -0.25) is 4.79 Å². The lowest BCUT2D eigenvalue weighted by Crippen LogP contribution is -1.94. The fourth-order valence-corrected chi connectivity index (χ4v) is 4.72. The molecule has 23 heavy (non-hydrogen) atoms. The van der Waals surface area contributed by atoms with Crippen molar-refractivity contribution in [3.63, 3.8) is 0 Å². The number of allylic oxidation sites excluding steroid dienone is 1. The van der Waals surface area contributed by atoms with E-state index in [4.69, 9.17) is 0 Å². The molecule has 0 bridgehead atoms. The van der Waals surface area contributed by atoms with Crippen LogP contribution in [0.15, 0.2) is 64.4 Å². The number of carbonyl (C=O) groups is 1. The van der Waals surface area contributed by atoms with Crippen LogP contribution in [0.25, 0.3) is 16.8 Å². The molecule has 5 rings (SSSR count). The van der Waals surface area contributed by atoms with Crippen molar-refractivity contribution >= 4 is 34.4 Å². The lowest BCUT2D eigenvalue weighted by atomic mass is 9.99. The van der Waals surface area contributed by atoms with Crippen molar-refractivity contribution in [1.82, 2.24) is 0 Å². The number of benzene rings is 3. The van der Waals surface area contributed by atoms with Crippen molar-refractivity contribution in [2.45, 2.75) is 17.7 Å². The smallest absolute Gasteiger partial charge is 0.200 e. The van der Waals surface area contributed by atoms with Crippen molar-refractivity contribution in [2.24, 2.45) is 0 Å². The van der Waals surface area contributed by atoms with Crippen molar-refractivity contribution in [1.29, 1.82) is 0 Å². The van der Waals surface area contributed by atoms with E-state index in [0.717, 1.165) is 33.8 Å². The minimum atomic E-state index is 0.147. The number of thioether (sulfide) groups is 1. The molecule has 1 aliphatic heterocycles. The van der Waals surface area contributed by atoms with Crippen molar-refractivity contribution in [3.8, 4) is 0 Å². The van der Waals surface area contributed by atoms with Crippen molar-refractivity contribution in [2.75, 3.05) is 0 Å². The first-order valence-corrected chi connectivity index (χ1v) is 8.70. The van der Waals surface area contributed by atoms with E-state index in [9.17, 15) is 4.79 Å². The summed E-state index contributed by atoms with van der Waals surface area (Å²) in [6.45, 7) is 0. The van der Waals surface area contributed by atoms with Crippen molar-refractivity contribution < 1.29 is 4.79 Å². The molecule has 110 valence electrons. The van der Waals surface area contributed by atoms with E-state index in [1.807, 2.05) is 24.3 Å². The molecule has 3 aromatic carbocycles. The summed E-state index contributed by atoms with van der Waals surface area (Å²) in [7, 11) is 0. The Morgan fingerprint density at radius 2 is 1.70 bits per heavy atom. The van der Waals surface area contributed by atoms with Gasteiger partial charge < -0.3 is 0 Å². The Hall–Kier alpha value is -2.32. The second-order valence-corrected chi connectivity index (χ2v) is 7.17. The first-order valence-electron chi connectivity index (χ1n) is 7.88. The van der Waals surface area contributed by atoms with Crippen LogP contribution < -0.4 is 0 Å². The lowest BCUT2D eigenvalue weighted by molar-refractivity contribution is 0.104. The molecule has 0 fully saturated rings. The van der Waals surface area contributed by atoms with Crippen LogP contribution in [0.5, 0.6) is 0 Å². The molecular weight excluding hydrogens is 300 g/mol. The van der Waals surface area contributed by atoms with Gasteiger partial charge in [0.1, 0.15) is 0 Å². The topological polar surface area (TPSA) is 17.1 Å². The first kappa shape index (κ1) is 13.1. The highest BCUT2D eigenvalue weighted by atomic mass is 32.2. The standard InChI is InChI=1S/C21H14OS/c22-21-17-5-1-2-7-18(17)23-19(21)12-15-11-10-14-9-8-13-4-3-6-16(15)20(13)14/h1-7,10-12H,8-9H2/b19-12+. The van der Waals surface area contributed by atoms with E-state index in [2.05, 4.69) is 36.4 Å². The molecule has 0 N–H and O–H groups in total. The molecular formula is C21H14OS. The summed E-state index contributed by atoms with van der Waals surface area (Å²) in [5, 5.41) is 2.67. The summed E-state index contributed by atoms with van der Waals surface area (Å²) in [5.74, 6) is 0.147. The molecule has 0 atom stereocenters. The number of ketones is 1. The largest absolute Gasteiger partial charge is 0.288 e. The zero-order valence-corrected chi connectivity index (χ0v) is 13.3. The fraction of sp³-hybridized carbons (Fsp3) is 0.0952. The maximum atomic E-state index is 12.6. The normalized spacial score (nSPS) is 17.2. The van der Waals surface area contributed by atoms with Gasteiger partial charge in [0.2, 0.25) is 5.78 Å². The number of fused-ring (bicyclic) bond motifs is 1. The zero-order valence-electron chi connectivity index (χ0n) is 12.5. The number of hydrogen-bond acceptors (Lipinski definition) is 2. The van der Waals surface area contributed by atoms with E-state index in [1.54, 1.807) is 11.8 Å². The van der Waals surface area contributed by atoms with Gasteiger partial charge in [-0.05, 0) is 58.5 Å². The Labute approximate surface area is 139 Å². The summed E-state index contributed by atoms with van der Waals surface area (Å²) in [6, 6.07) is 18.8. The number of Topliss-reactive ketones (excluding diaryl/α,β-unsaturated/α-hetero) is 1. The van der Waals surface area contributed by atoms with Crippen LogP contribution >= 0.6 is 11.8 Å². The number of hydrogen-bond donors (Lipinski definition) is 0. The minimum Gasteiger partial charge on any atom is -0.288 e. The fourth-order valence-electron chi connectivity index (χ4n) is 3.67. The lowest BCUT2D eigenvalue weighted by Gasteiger charge is -2.06. The van der Waals surface area contributed by atoms with Gasteiger partial charge in [-0.25, -0.2) is 0 Å². The van der Waals surface area contributed by atoms with E-state index in [0.29, 0.717) is 0 Å². The maximum Gasteiger partial charge on any atom is 0.200 e. The molecule has 0 spiro atoms. The van der Waals surface area contributed by atoms with Gasteiger partial charge in [0, 0.05) is 10.5 Å². The van der Waals surface area contributed by atoms with Gasteiger partial charge >= 0.3 is 0 Å². The van der Waals surface area contributed by atoms with Gasteiger partial charge in [-0.15, -0.1) is 0 Å². The summed E-state index contributed by atoms with van der Waals surface area (Å²) in [5.41, 5.74) is 4.85. The molecule has 0 unspecified atom stereocenters. The summed E-state index contributed by atoms with van der Waals surface area (Å²) in [6.07, 6.45) is 4.33. The van der Waals surface area contributed by atoms with E-state index in [-0.39, 0.29) is 5.78 Å². The predicted molar refractivity (Wildman–Crippen MR) is 96.0 cm³/mol. The van der Waals surface area contributed by atoms with Crippen LogP contribution in [0.2, 0.25) is 0 Å². The van der Waals surface area contributed by atoms with E-state index < -0.39 is 0 Å². The van der Waals surface area contributed by atoms with E-state index in [1.165, 1.54) is 21.9 Å². The molecule has 0 saturated carbocycles. The second kappa shape index (κ2) is 4.84. The number of aryl methyl sites for hydroxylation is 2. The maximum absolute atomic E-state index is 12.6. The van der Waals surface area contributed by atoms with Crippen LogP contribution in [0.3, 0.4) is 0 Å². The quantitative estimate of drug-likeness (QED) is 0.569. The third-order valence-corrected chi connectivity index (χ3v) is 5.87. The molecule has 1 aliphatic carbocycles. The molecule has 1 nitrogen and oxygen atoms in total. The van der Waals surface area contributed by atoms with Gasteiger partial charge in [0.15, 0.2) is 0 Å². The van der Waals surface area contributed by atoms with Crippen LogP contribution in [-0.4, -0.2) is 5.78 Å². The van der Waals surface area contributed by atoms with Crippen LogP contribution in [0.1, 0.15) is 27.0 Å². The van der Waals surface area contributed by atoms with Gasteiger partial charge in [-0.2, -0.15) is 0 Å². The molecule has 2 aliphatic rings. The Kier molecular flexibility index (Phi) is 2.77.